The summed E-state index contributed by atoms with van der Waals surface area (Å²) in [5, 5.41) is 0. The van der Waals surface area contributed by atoms with Gasteiger partial charge in [0.25, 0.3) is 0 Å². The molecule has 0 saturated carbocycles. The smallest absolute Gasteiger partial charge is 0.00129 e. The van der Waals surface area contributed by atoms with Crippen molar-refractivity contribution < 1.29 is 0 Å². The van der Waals surface area contributed by atoms with Crippen LogP contribution in [0.15, 0.2) is 84.5 Å². The molecular weight excluding hydrogens is 470 g/mol. The van der Waals surface area contributed by atoms with Crippen LogP contribution in [0.4, 0.5) is 0 Å². The van der Waals surface area contributed by atoms with Crippen LogP contribution < -0.4 is 0 Å². The van der Waals surface area contributed by atoms with E-state index in [9.17, 15) is 0 Å². The van der Waals surface area contributed by atoms with Gasteiger partial charge in [-0.25, -0.2) is 0 Å². The SMILES string of the molecule is C=C(C)CC.C=C(C)CCCCC/C=C/C=C\C(C)=C/CC.CCCCN1CCC(c2cccc(C)c2)CC1. The van der Waals surface area contributed by atoms with Crippen molar-refractivity contribution in [1.82, 2.24) is 4.90 Å². The second-order valence-corrected chi connectivity index (χ2v) is 11.4. The molecule has 0 N–H and O–H groups in total. The molecule has 1 heterocycles. The highest BCUT2D eigenvalue weighted by Gasteiger charge is 2.19. The zero-order valence-corrected chi connectivity index (χ0v) is 27.0. The van der Waals surface area contributed by atoms with E-state index in [0.717, 1.165) is 18.8 Å². The second kappa shape index (κ2) is 24.9. The van der Waals surface area contributed by atoms with E-state index in [1.54, 1.807) is 5.56 Å². The number of piperidine rings is 1. The Morgan fingerprint density at radius 3 is 2.18 bits per heavy atom. The van der Waals surface area contributed by atoms with Gasteiger partial charge in [-0.15, -0.1) is 13.2 Å². The average molecular weight is 534 g/mol. The van der Waals surface area contributed by atoms with Crippen molar-refractivity contribution in [1.29, 1.82) is 0 Å². The molecule has 220 valence electrons. The van der Waals surface area contributed by atoms with E-state index in [0.29, 0.717) is 0 Å². The molecule has 2 rings (SSSR count). The number of hydrogen-bond acceptors (Lipinski definition) is 1. The van der Waals surface area contributed by atoms with Gasteiger partial charge in [-0.3, -0.25) is 0 Å². The molecule has 1 aromatic carbocycles. The van der Waals surface area contributed by atoms with E-state index in [-0.39, 0.29) is 0 Å². The zero-order chi connectivity index (χ0) is 29.3. The first-order valence-corrected chi connectivity index (χ1v) is 15.8. The van der Waals surface area contributed by atoms with E-state index >= 15 is 0 Å². The fraction of sp³-hybridized carbons (Fsp3) is 0.579. The summed E-state index contributed by atoms with van der Waals surface area (Å²) in [5.74, 6) is 0.799. The number of allylic oxidation sites excluding steroid dienone is 8. The molecule has 0 spiro atoms. The highest BCUT2D eigenvalue weighted by atomic mass is 15.1. The Labute approximate surface area is 244 Å². The van der Waals surface area contributed by atoms with Crippen LogP contribution in [0.3, 0.4) is 0 Å². The van der Waals surface area contributed by atoms with Crippen molar-refractivity contribution in [2.75, 3.05) is 19.6 Å². The summed E-state index contributed by atoms with van der Waals surface area (Å²) in [6.45, 7) is 26.5. The molecule has 0 aromatic heterocycles. The van der Waals surface area contributed by atoms with Gasteiger partial charge in [0, 0.05) is 0 Å². The topological polar surface area (TPSA) is 3.24 Å². The zero-order valence-electron chi connectivity index (χ0n) is 27.0. The number of aryl methyl sites for hydroxylation is 1. The molecule has 1 saturated heterocycles. The maximum absolute atomic E-state index is 3.92. The molecule has 0 amide bonds. The fourth-order valence-electron chi connectivity index (χ4n) is 4.43. The van der Waals surface area contributed by atoms with Gasteiger partial charge >= 0.3 is 0 Å². The molecule has 0 radical (unpaired) electrons. The predicted molar refractivity (Wildman–Crippen MR) is 180 cm³/mol. The Balaban J connectivity index is 0.000000632. The third-order valence-corrected chi connectivity index (χ3v) is 7.14. The maximum Gasteiger partial charge on any atom is -0.00129 e. The number of unbranched alkanes of at least 4 members (excludes halogenated alkanes) is 4. The van der Waals surface area contributed by atoms with Crippen molar-refractivity contribution in [3.05, 3.63) is 95.6 Å². The molecule has 1 aliphatic heterocycles. The maximum atomic E-state index is 3.92. The van der Waals surface area contributed by atoms with Gasteiger partial charge in [0.2, 0.25) is 0 Å². The lowest BCUT2D eigenvalue weighted by atomic mass is 9.88. The largest absolute Gasteiger partial charge is 0.303 e. The third-order valence-electron chi connectivity index (χ3n) is 7.14. The number of rotatable bonds is 14. The van der Waals surface area contributed by atoms with Gasteiger partial charge in [0.15, 0.2) is 0 Å². The minimum atomic E-state index is 0.799. The van der Waals surface area contributed by atoms with Crippen LogP contribution >= 0.6 is 0 Å². The number of hydrogen-bond donors (Lipinski definition) is 0. The van der Waals surface area contributed by atoms with Crippen LogP contribution in [0.5, 0.6) is 0 Å². The Morgan fingerprint density at radius 2 is 1.62 bits per heavy atom. The Morgan fingerprint density at radius 1 is 0.923 bits per heavy atom. The van der Waals surface area contributed by atoms with Crippen LogP contribution in [0.1, 0.15) is 129 Å². The summed E-state index contributed by atoms with van der Waals surface area (Å²) < 4.78 is 0. The molecule has 1 aliphatic rings. The summed E-state index contributed by atoms with van der Waals surface area (Å²) in [6.07, 6.45) is 24.8. The normalized spacial score (nSPS) is 14.6. The van der Waals surface area contributed by atoms with Crippen molar-refractivity contribution in [2.45, 2.75) is 125 Å². The predicted octanol–water partition coefficient (Wildman–Crippen LogP) is 11.9. The summed E-state index contributed by atoms with van der Waals surface area (Å²) >= 11 is 0. The molecule has 39 heavy (non-hydrogen) atoms. The van der Waals surface area contributed by atoms with Crippen molar-refractivity contribution in [3.8, 4) is 0 Å². The Bertz CT molecular complexity index is 845. The van der Waals surface area contributed by atoms with Crippen LogP contribution in [-0.4, -0.2) is 24.5 Å². The van der Waals surface area contributed by atoms with Gasteiger partial charge in [-0.2, -0.15) is 0 Å². The molecule has 1 nitrogen and oxygen atoms in total. The van der Waals surface area contributed by atoms with Gasteiger partial charge in [0.1, 0.15) is 0 Å². The summed E-state index contributed by atoms with van der Waals surface area (Å²) in [4.78, 5) is 2.63. The number of likely N-dealkylation sites (tertiary alicyclic amines) is 1. The first-order valence-electron chi connectivity index (χ1n) is 15.8. The first kappa shape index (κ1) is 36.9. The van der Waals surface area contributed by atoms with E-state index in [2.05, 4.69) is 114 Å². The van der Waals surface area contributed by atoms with Gasteiger partial charge < -0.3 is 4.90 Å². The van der Waals surface area contributed by atoms with Gasteiger partial charge in [-0.05, 0) is 117 Å². The molecule has 1 fully saturated rings. The van der Waals surface area contributed by atoms with Gasteiger partial charge in [-0.1, -0.05) is 111 Å². The summed E-state index contributed by atoms with van der Waals surface area (Å²) in [6, 6.07) is 9.07. The van der Waals surface area contributed by atoms with Crippen molar-refractivity contribution in [2.24, 2.45) is 0 Å². The highest BCUT2D eigenvalue weighted by Crippen LogP contribution is 2.28. The summed E-state index contributed by atoms with van der Waals surface area (Å²) in [5.41, 5.74) is 6.86. The minimum Gasteiger partial charge on any atom is -0.303 e. The summed E-state index contributed by atoms with van der Waals surface area (Å²) in [7, 11) is 0. The second-order valence-electron chi connectivity index (χ2n) is 11.4. The van der Waals surface area contributed by atoms with E-state index < -0.39 is 0 Å². The first-order chi connectivity index (χ1) is 18.7. The number of nitrogens with zero attached hydrogens (tertiary/aromatic N) is 1. The molecule has 0 bridgehead atoms. The lowest BCUT2D eigenvalue weighted by molar-refractivity contribution is 0.209. The lowest BCUT2D eigenvalue weighted by Gasteiger charge is -2.32. The van der Waals surface area contributed by atoms with E-state index in [4.69, 9.17) is 0 Å². The van der Waals surface area contributed by atoms with Gasteiger partial charge in [0.05, 0.1) is 0 Å². The third kappa shape index (κ3) is 22.4. The molecule has 0 unspecified atom stereocenters. The fourth-order valence-corrected chi connectivity index (χ4v) is 4.43. The standard InChI is InChI=1S/C17H28.C16H25N.C5H10/c1-5-13-17(4)15-12-10-8-6-7-9-11-14-16(2)3;1-3-4-10-17-11-8-15(9-12-17)16-7-5-6-14(2)13-16;1-4-5(2)3/h8,10,12-13,15H,2,5-7,9,11,14H2,1,3-4H3;5-7,13,15H,3-4,8-12H2,1-2H3;2,4H2,1,3H3/b10-8+,15-12-,17-13-;;. The Hall–Kier alpha value is -2.12. The lowest BCUT2D eigenvalue weighted by Crippen LogP contribution is -2.33. The van der Waals surface area contributed by atoms with E-state index in [1.807, 2.05) is 6.92 Å². The number of benzene rings is 1. The molecular formula is C38H63N. The molecule has 0 atom stereocenters. The van der Waals surface area contributed by atoms with Crippen molar-refractivity contribution >= 4 is 0 Å². The van der Waals surface area contributed by atoms with Crippen LogP contribution in [0.25, 0.3) is 0 Å². The van der Waals surface area contributed by atoms with Crippen LogP contribution in [-0.2, 0) is 0 Å². The molecule has 1 heteroatoms. The van der Waals surface area contributed by atoms with Crippen molar-refractivity contribution in [3.63, 3.8) is 0 Å². The highest BCUT2D eigenvalue weighted by molar-refractivity contribution is 5.26. The van der Waals surface area contributed by atoms with E-state index in [1.165, 1.54) is 99.7 Å². The van der Waals surface area contributed by atoms with Crippen LogP contribution in [0, 0.1) is 6.92 Å². The minimum absolute atomic E-state index is 0.799. The van der Waals surface area contributed by atoms with Crippen LogP contribution in [0.2, 0.25) is 0 Å². The monoisotopic (exact) mass is 533 g/mol. The quantitative estimate of drug-likeness (QED) is 0.130. The average Bonchev–Trinajstić information content (AvgIpc) is 2.92. The molecule has 0 aliphatic carbocycles. The Kier molecular flexibility index (Phi) is 23.5. The molecule has 1 aromatic rings.